The third-order valence-electron chi connectivity index (χ3n) is 6.15. The summed E-state index contributed by atoms with van der Waals surface area (Å²) in [6.45, 7) is 6.03. The second kappa shape index (κ2) is 11.5. The van der Waals surface area contributed by atoms with E-state index in [1.54, 1.807) is 14.0 Å². The van der Waals surface area contributed by atoms with Crippen LogP contribution in [0.5, 0.6) is 5.75 Å². The van der Waals surface area contributed by atoms with E-state index in [1.807, 2.05) is 78.8 Å². The number of benzene rings is 2. The third-order valence-corrected chi connectivity index (χ3v) is 7.04. The van der Waals surface area contributed by atoms with Crippen molar-refractivity contribution >= 4 is 34.5 Å². The number of carbonyl (C=O) groups is 2. The Balaban J connectivity index is 1.88. The SMILES string of the molecule is CCOC(=O)C1=C(c2ccccc2)N=C2SC=C(CC(=O)N[C@H](C)CC)N2[C@H]1c1ccccc1OC. The Morgan fingerprint density at radius 1 is 1.11 bits per heavy atom. The Hall–Kier alpha value is -3.52. The molecule has 0 spiro atoms. The van der Waals surface area contributed by atoms with Gasteiger partial charge in [-0.05, 0) is 31.7 Å². The molecule has 0 unspecified atom stereocenters. The fourth-order valence-electron chi connectivity index (χ4n) is 4.27. The van der Waals surface area contributed by atoms with Crippen molar-refractivity contribution < 1.29 is 19.1 Å². The number of fused-ring (bicyclic) bond motifs is 1. The highest BCUT2D eigenvalue weighted by Crippen LogP contribution is 2.48. The van der Waals surface area contributed by atoms with Crippen LogP contribution in [0.25, 0.3) is 5.70 Å². The highest BCUT2D eigenvalue weighted by Gasteiger charge is 2.43. The number of aliphatic imine (C=N–C) groups is 1. The molecule has 7 nitrogen and oxygen atoms in total. The predicted molar refractivity (Wildman–Crippen MR) is 143 cm³/mol. The highest BCUT2D eigenvalue weighted by atomic mass is 32.2. The number of esters is 1. The molecule has 2 atom stereocenters. The molecule has 188 valence electrons. The number of carbonyl (C=O) groups excluding carboxylic acids is 2. The fourth-order valence-corrected chi connectivity index (χ4v) is 5.19. The van der Waals surface area contributed by atoms with Crippen LogP contribution in [0, 0.1) is 0 Å². The molecular weight excluding hydrogens is 474 g/mol. The van der Waals surface area contributed by atoms with Crippen molar-refractivity contribution in [3.05, 3.63) is 82.4 Å². The lowest BCUT2D eigenvalue weighted by Gasteiger charge is -2.37. The van der Waals surface area contributed by atoms with Gasteiger partial charge in [0.1, 0.15) is 5.75 Å². The first-order valence-electron chi connectivity index (χ1n) is 12.1. The normalized spacial score (nSPS) is 17.7. The van der Waals surface area contributed by atoms with Crippen LogP contribution in [-0.2, 0) is 14.3 Å². The average molecular weight is 506 g/mol. The van der Waals surface area contributed by atoms with Gasteiger partial charge in [0.25, 0.3) is 0 Å². The molecule has 0 bridgehead atoms. The molecule has 0 fully saturated rings. The Labute approximate surface area is 216 Å². The van der Waals surface area contributed by atoms with Crippen LogP contribution < -0.4 is 10.1 Å². The standard InChI is InChI=1S/C28H31N3O4S/c1-5-18(3)29-23(32)16-20-17-36-28-30-25(19-12-8-7-9-13-19)24(27(33)35-6-2)26(31(20)28)21-14-10-11-15-22(21)34-4/h7-15,17-18,26H,5-6,16H2,1-4H3,(H,29,32)/t18-,26+/m1/s1. The number of ether oxygens (including phenoxy) is 2. The fraction of sp³-hybridized carbons (Fsp3) is 0.321. The summed E-state index contributed by atoms with van der Waals surface area (Å²) < 4.78 is 11.3. The van der Waals surface area contributed by atoms with Crippen molar-refractivity contribution in [2.45, 2.75) is 45.7 Å². The van der Waals surface area contributed by atoms with Crippen LogP contribution in [0.1, 0.15) is 50.8 Å². The van der Waals surface area contributed by atoms with Crippen molar-refractivity contribution in [2.75, 3.05) is 13.7 Å². The maximum absolute atomic E-state index is 13.5. The summed E-state index contributed by atoms with van der Waals surface area (Å²) >= 11 is 1.45. The van der Waals surface area contributed by atoms with E-state index < -0.39 is 12.0 Å². The molecule has 2 aliphatic heterocycles. The van der Waals surface area contributed by atoms with Crippen LogP contribution >= 0.6 is 11.8 Å². The predicted octanol–water partition coefficient (Wildman–Crippen LogP) is 5.28. The van der Waals surface area contributed by atoms with Crippen molar-refractivity contribution in [2.24, 2.45) is 4.99 Å². The smallest absolute Gasteiger partial charge is 0.338 e. The molecule has 4 rings (SSSR count). The van der Waals surface area contributed by atoms with Gasteiger partial charge in [0.2, 0.25) is 5.91 Å². The Morgan fingerprint density at radius 2 is 1.83 bits per heavy atom. The van der Waals surface area contributed by atoms with E-state index in [0.717, 1.165) is 23.2 Å². The minimum atomic E-state index is -0.583. The maximum atomic E-state index is 13.5. The number of para-hydroxylation sites is 1. The molecule has 2 aliphatic rings. The van der Waals surface area contributed by atoms with Gasteiger partial charge < -0.3 is 19.7 Å². The van der Waals surface area contributed by atoms with Gasteiger partial charge in [-0.25, -0.2) is 9.79 Å². The Kier molecular flexibility index (Phi) is 8.15. The first-order valence-corrected chi connectivity index (χ1v) is 13.0. The van der Waals surface area contributed by atoms with Gasteiger partial charge in [-0.2, -0.15) is 0 Å². The first kappa shape index (κ1) is 25.6. The second-order valence-corrected chi connectivity index (χ2v) is 9.37. The molecule has 2 aromatic rings. The van der Waals surface area contributed by atoms with Gasteiger partial charge in [0.05, 0.1) is 37.4 Å². The van der Waals surface area contributed by atoms with Crippen molar-refractivity contribution in [1.82, 2.24) is 10.2 Å². The monoisotopic (exact) mass is 505 g/mol. The summed E-state index contributed by atoms with van der Waals surface area (Å²) in [5.74, 6) is 0.111. The minimum Gasteiger partial charge on any atom is -0.496 e. The van der Waals surface area contributed by atoms with E-state index in [2.05, 4.69) is 5.32 Å². The largest absolute Gasteiger partial charge is 0.496 e. The third kappa shape index (κ3) is 5.18. The van der Waals surface area contributed by atoms with Crippen LogP contribution in [0.3, 0.4) is 0 Å². The molecule has 0 aromatic heterocycles. The van der Waals surface area contributed by atoms with Gasteiger partial charge in [0.15, 0.2) is 5.17 Å². The molecule has 0 aliphatic carbocycles. The van der Waals surface area contributed by atoms with E-state index in [9.17, 15) is 9.59 Å². The Bertz CT molecular complexity index is 1220. The van der Waals surface area contributed by atoms with Crippen LogP contribution in [0.15, 0.2) is 76.3 Å². The summed E-state index contributed by atoms with van der Waals surface area (Å²) in [5.41, 5.74) is 3.34. The van der Waals surface area contributed by atoms with E-state index in [1.165, 1.54) is 11.8 Å². The zero-order valence-electron chi connectivity index (χ0n) is 21.0. The maximum Gasteiger partial charge on any atom is 0.338 e. The number of thioether (sulfide) groups is 1. The lowest BCUT2D eigenvalue weighted by atomic mass is 9.91. The number of nitrogens with one attached hydrogen (secondary N) is 1. The number of amidine groups is 1. The zero-order valence-corrected chi connectivity index (χ0v) is 21.8. The van der Waals surface area contributed by atoms with Crippen molar-refractivity contribution in [3.8, 4) is 5.75 Å². The lowest BCUT2D eigenvalue weighted by molar-refractivity contribution is -0.139. The molecule has 1 amide bonds. The molecule has 2 heterocycles. The van der Waals surface area contributed by atoms with Gasteiger partial charge in [0, 0.05) is 22.9 Å². The lowest BCUT2D eigenvalue weighted by Crippen LogP contribution is -2.39. The van der Waals surface area contributed by atoms with Crippen molar-refractivity contribution in [1.29, 1.82) is 0 Å². The quantitative estimate of drug-likeness (QED) is 0.468. The molecule has 0 saturated carbocycles. The van der Waals surface area contributed by atoms with Crippen LogP contribution in [0.4, 0.5) is 0 Å². The molecule has 8 heteroatoms. The van der Waals surface area contributed by atoms with Gasteiger partial charge in [-0.3, -0.25) is 4.79 Å². The van der Waals surface area contributed by atoms with Gasteiger partial charge in [-0.15, -0.1) is 0 Å². The number of hydrogen-bond acceptors (Lipinski definition) is 7. The summed E-state index contributed by atoms with van der Waals surface area (Å²) in [6.07, 6.45) is 1.01. The zero-order chi connectivity index (χ0) is 25.7. The Morgan fingerprint density at radius 3 is 2.53 bits per heavy atom. The number of hydrogen-bond donors (Lipinski definition) is 1. The van der Waals surface area contributed by atoms with Crippen LogP contribution in [-0.4, -0.2) is 41.7 Å². The first-order chi connectivity index (χ1) is 17.5. The van der Waals surface area contributed by atoms with E-state index in [-0.39, 0.29) is 25.0 Å². The van der Waals surface area contributed by atoms with E-state index >= 15 is 0 Å². The molecule has 36 heavy (non-hydrogen) atoms. The number of nitrogens with zero attached hydrogens (tertiary/aromatic N) is 2. The average Bonchev–Trinajstić information content (AvgIpc) is 3.30. The number of rotatable bonds is 9. The molecule has 2 aromatic carbocycles. The number of amides is 1. The summed E-state index contributed by atoms with van der Waals surface area (Å²) in [5, 5.41) is 5.67. The summed E-state index contributed by atoms with van der Waals surface area (Å²) in [4.78, 5) is 33.3. The van der Waals surface area contributed by atoms with E-state index in [0.29, 0.717) is 22.2 Å². The number of methoxy groups -OCH3 is 1. The summed E-state index contributed by atoms with van der Waals surface area (Å²) in [6, 6.07) is 16.7. The van der Waals surface area contributed by atoms with Crippen molar-refractivity contribution in [3.63, 3.8) is 0 Å². The van der Waals surface area contributed by atoms with E-state index in [4.69, 9.17) is 14.5 Å². The van der Waals surface area contributed by atoms with Crippen LogP contribution in [0.2, 0.25) is 0 Å². The van der Waals surface area contributed by atoms with Gasteiger partial charge in [-0.1, -0.05) is 67.2 Å². The van der Waals surface area contributed by atoms with Gasteiger partial charge >= 0.3 is 5.97 Å². The molecule has 0 saturated heterocycles. The minimum absolute atomic E-state index is 0.0753. The second-order valence-electron chi connectivity index (χ2n) is 8.54. The molecule has 1 N–H and O–H groups in total. The molecule has 0 radical (unpaired) electrons. The highest BCUT2D eigenvalue weighted by molar-refractivity contribution is 8.16. The summed E-state index contributed by atoms with van der Waals surface area (Å²) in [7, 11) is 1.61. The topological polar surface area (TPSA) is 80.2 Å². The molecular formula is C28H31N3O4S.